The molecule has 1 heterocycles. The fraction of sp³-hybridized carbons (Fsp3) is 0.286. The maximum atomic E-state index is 13.9. The number of hydrogen-bond acceptors (Lipinski definition) is 3. The van der Waals surface area contributed by atoms with Gasteiger partial charge >= 0.3 is 0 Å². The minimum atomic E-state index is -0.759. The number of amides is 3. The van der Waals surface area contributed by atoms with E-state index >= 15 is 0 Å². The molecule has 0 saturated carbocycles. The standard InChI is InChI=1S/C35H36FN3O3/c1-3-24(2)37-34(41)31(22-25-10-5-4-6-11-25)39(23-26-17-19-28(36)20-18-26)32(40)16-9-21-38-30-15-8-13-27-12-7-14-29(33(27)30)35(38)42/h4-8,10-15,17-20,24,31H,3,9,16,21-23H2,1-2H3,(H,37,41). The van der Waals surface area contributed by atoms with Crippen molar-refractivity contribution in [2.24, 2.45) is 0 Å². The third-order valence-corrected chi connectivity index (χ3v) is 7.96. The maximum absolute atomic E-state index is 13.9. The van der Waals surface area contributed by atoms with Crippen molar-refractivity contribution >= 4 is 34.2 Å². The maximum Gasteiger partial charge on any atom is 0.258 e. The fourth-order valence-electron chi connectivity index (χ4n) is 5.51. The number of carbonyl (C=O) groups excluding carboxylic acids is 3. The van der Waals surface area contributed by atoms with Crippen LogP contribution in [-0.2, 0) is 22.6 Å². The molecule has 5 rings (SSSR count). The Hall–Kier alpha value is -4.52. The van der Waals surface area contributed by atoms with Crippen LogP contribution in [0.5, 0.6) is 0 Å². The molecule has 0 fully saturated rings. The molecule has 0 radical (unpaired) electrons. The first kappa shape index (κ1) is 29.0. The van der Waals surface area contributed by atoms with Crippen LogP contribution in [0.1, 0.15) is 54.6 Å². The summed E-state index contributed by atoms with van der Waals surface area (Å²) >= 11 is 0. The highest BCUT2D eigenvalue weighted by atomic mass is 19.1. The first-order chi connectivity index (χ1) is 20.4. The summed E-state index contributed by atoms with van der Waals surface area (Å²) in [5.74, 6) is -0.840. The van der Waals surface area contributed by atoms with Gasteiger partial charge in [0, 0.05) is 42.9 Å². The fourth-order valence-corrected chi connectivity index (χ4v) is 5.51. The van der Waals surface area contributed by atoms with Gasteiger partial charge in [-0.25, -0.2) is 4.39 Å². The van der Waals surface area contributed by atoms with Crippen LogP contribution in [0.3, 0.4) is 0 Å². The van der Waals surface area contributed by atoms with Gasteiger partial charge in [0.2, 0.25) is 11.8 Å². The number of nitrogens with zero attached hydrogens (tertiary/aromatic N) is 2. The molecule has 1 N–H and O–H groups in total. The highest BCUT2D eigenvalue weighted by Crippen LogP contribution is 2.37. The molecule has 3 amide bonds. The summed E-state index contributed by atoms with van der Waals surface area (Å²) in [6, 6.07) is 26.4. The summed E-state index contributed by atoms with van der Waals surface area (Å²) in [4.78, 5) is 44.2. The Morgan fingerprint density at radius 1 is 0.905 bits per heavy atom. The van der Waals surface area contributed by atoms with Gasteiger partial charge in [-0.2, -0.15) is 0 Å². The van der Waals surface area contributed by atoms with E-state index in [2.05, 4.69) is 5.32 Å². The quantitative estimate of drug-likeness (QED) is 0.220. The predicted molar refractivity (Wildman–Crippen MR) is 164 cm³/mol. The summed E-state index contributed by atoms with van der Waals surface area (Å²) in [6.07, 6.45) is 1.69. The van der Waals surface area contributed by atoms with E-state index in [1.54, 1.807) is 21.9 Å². The highest BCUT2D eigenvalue weighted by Gasteiger charge is 2.32. The lowest BCUT2D eigenvalue weighted by molar-refractivity contribution is -0.141. The van der Waals surface area contributed by atoms with Crippen molar-refractivity contribution in [2.45, 2.75) is 58.2 Å². The van der Waals surface area contributed by atoms with Gasteiger partial charge in [-0.15, -0.1) is 0 Å². The average Bonchev–Trinajstić information content (AvgIpc) is 3.28. The SMILES string of the molecule is CCC(C)NC(=O)C(Cc1ccccc1)N(Cc1ccc(F)cc1)C(=O)CCCN1C(=O)c2cccc3cccc1c23. The summed E-state index contributed by atoms with van der Waals surface area (Å²) in [6.45, 7) is 4.48. The number of halogens is 1. The first-order valence-electron chi connectivity index (χ1n) is 14.6. The van der Waals surface area contributed by atoms with Gasteiger partial charge in [0.25, 0.3) is 5.91 Å². The normalized spacial score (nSPS) is 13.7. The Balaban J connectivity index is 1.37. The number of anilines is 1. The van der Waals surface area contributed by atoms with Crippen LogP contribution < -0.4 is 10.2 Å². The molecule has 0 spiro atoms. The molecule has 0 aliphatic carbocycles. The van der Waals surface area contributed by atoms with Crippen molar-refractivity contribution in [1.82, 2.24) is 10.2 Å². The Morgan fingerprint density at radius 2 is 1.62 bits per heavy atom. The zero-order valence-corrected chi connectivity index (χ0v) is 24.1. The molecule has 1 aliphatic rings. The smallest absolute Gasteiger partial charge is 0.258 e. The topological polar surface area (TPSA) is 69.7 Å². The van der Waals surface area contributed by atoms with Crippen LogP contribution >= 0.6 is 0 Å². The molecule has 0 saturated heterocycles. The van der Waals surface area contributed by atoms with E-state index in [1.807, 2.05) is 80.6 Å². The number of nitrogens with one attached hydrogen (secondary N) is 1. The largest absolute Gasteiger partial charge is 0.352 e. The van der Waals surface area contributed by atoms with E-state index in [4.69, 9.17) is 0 Å². The van der Waals surface area contributed by atoms with E-state index in [0.717, 1.165) is 34.0 Å². The van der Waals surface area contributed by atoms with E-state index in [9.17, 15) is 18.8 Å². The summed E-state index contributed by atoms with van der Waals surface area (Å²) in [5, 5.41) is 5.02. The third kappa shape index (κ3) is 6.35. The Morgan fingerprint density at radius 3 is 2.33 bits per heavy atom. The minimum absolute atomic E-state index is 0.0518. The van der Waals surface area contributed by atoms with Crippen LogP contribution in [0.2, 0.25) is 0 Å². The average molecular weight is 566 g/mol. The van der Waals surface area contributed by atoms with E-state index in [-0.39, 0.29) is 42.5 Å². The third-order valence-electron chi connectivity index (χ3n) is 7.96. The van der Waals surface area contributed by atoms with Gasteiger partial charge < -0.3 is 15.1 Å². The molecular weight excluding hydrogens is 529 g/mol. The van der Waals surface area contributed by atoms with Crippen LogP contribution in [0, 0.1) is 5.82 Å². The van der Waals surface area contributed by atoms with E-state index in [1.165, 1.54) is 12.1 Å². The molecule has 2 unspecified atom stereocenters. The van der Waals surface area contributed by atoms with Crippen LogP contribution in [-0.4, -0.2) is 41.2 Å². The van der Waals surface area contributed by atoms with Gasteiger partial charge in [-0.3, -0.25) is 14.4 Å². The number of carbonyl (C=O) groups is 3. The molecule has 0 bridgehead atoms. The van der Waals surface area contributed by atoms with Crippen LogP contribution in [0.25, 0.3) is 10.8 Å². The lowest BCUT2D eigenvalue weighted by atomic mass is 10.0. The zero-order chi connectivity index (χ0) is 29.6. The lowest BCUT2D eigenvalue weighted by Crippen LogP contribution is -2.52. The van der Waals surface area contributed by atoms with Gasteiger partial charge in [0.15, 0.2) is 0 Å². The van der Waals surface area contributed by atoms with E-state index in [0.29, 0.717) is 24.9 Å². The molecule has 42 heavy (non-hydrogen) atoms. The molecule has 4 aromatic carbocycles. The Labute approximate surface area is 246 Å². The summed E-state index contributed by atoms with van der Waals surface area (Å²) in [7, 11) is 0. The van der Waals surface area contributed by atoms with Crippen molar-refractivity contribution in [1.29, 1.82) is 0 Å². The molecule has 6 nitrogen and oxygen atoms in total. The number of rotatable bonds is 12. The van der Waals surface area contributed by atoms with Crippen LogP contribution in [0.4, 0.5) is 10.1 Å². The predicted octanol–water partition coefficient (Wildman–Crippen LogP) is 6.27. The molecular formula is C35H36FN3O3. The van der Waals surface area contributed by atoms with Gasteiger partial charge in [0.05, 0.1) is 5.69 Å². The van der Waals surface area contributed by atoms with E-state index < -0.39 is 6.04 Å². The molecule has 2 atom stereocenters. The number of benzene rings is 4. The second-order valence-corrected chi connectivity index (χ2v) is 10.9. The molecule has 0 aromatic heterocycles. The molecule has 4 aromatic rings. The van der Waals surface area contributed by atoms with Crippen molar-refractivity contribution in [3.8, 4) is 0 Å². The molecule has 1 aliphatic heterocycles. The van der Waals surface area contributed by atoms with Crippen LogP contribution in [0.15, 0.2) is 91.0 Å². The lowest BCUT2D eigenvalue weighted by Gasteiger charge is -2.32. The second kappa shape index (κ2) is 13.0. The van der Waals surface area contributed by atoms with Gasteiger partial charge in [0.1, 0.15) is 11.9 Å². The second-order valence-electron chi connectivity index (χ2n) is 10.9. The minimum Gasteiger partial charge on any atom is -0.352 e. The Kier molecular flexibility index (Phi) is 8.96. The van der Waals surface area contributed by atoms with Crippen molar-refractivity contribution in [3.05, 3.63) is 114 Å². The molecule has 7 heteroatoms. The summed E-state index contributed by atoms with van der Waals surface area (Å²) in [5.41, 5.74) is 3.21. The zero-order valence-electron chi connectivity index (χ0n) is 24.1. The molecule has 216 valence electrons. The van der Waals surface area contributed by atoms with Crippen molar-refractivity contribution < 1.29 is 18.8 Å². The van der Waals surface area contributed by atoms with Gasteiger partial charge in [-0.05, 0) is 60.5 Å². The van der Waals surface area contributed by atoms with Crippen molar-refractivity contribution in [3.63, 3.8) is 0 Å². The van der Waals surface area contributed by atoms with Gasteiger partial charge in [-0.1, -0.05) is 73.7 Å². The Bertz CT molecular complexity index is 1570. The summed E-state index contributed by atoms with van der Waals surface area (Å²) < 4.78 is 13.7. The van der Waals surface area contributed by atoms with Crippen molar-refractivity contribution in [2.75, 3.05) is 11.4 Å². The number of hydrogen-bond donors (Lipinski definition) is 1. The first-order valence-corrected chi connectivity index (χ1v) is 14.6. The highest BCUT2D eigenvalue weighted by molar-refractivity contribution is 6.25. The monoisotopic (exact) mass is 565 g/mol.